The maximum atomic E-state index is 12.6. The van der Waals surface area contributed by atoms with Crippen molar-refractivity contribution in [3.8, 4) is 0 Å². The number of aromatic nitrogens is 2. The monoisotopic (exact) mass is 399 g/mol. The van der Waals surface area contributed by atoms with Gasteiger partial charge < -0.3 is 10.1 Å². The molecule has 2 heterocycles. The second kappa shape index (κ2) is 8.79. The van der Waals surface area contributed by atoms with Crippen LogP contribution in [0.2, 0.25) is 0 Å². The summed E-state index contributed by atoms with van der Waals surface area (Å²) in [5, 5.41) is 5.27. The van der Waals surface area contributed by atoms with Gasteiger partial charge in [0.15, 0.2) is 0 Å². The van der Waals surface area contributed by atoms with Crippen LogP contribution in [0.25, 0.3) is 10.9 Å². The van der Waals surface area contributed by atoms with Crippen LogP contribution in [0, 0.1) is 6.92 Å². The Morgan fingerprint density at radius 3 is 2.82 bits per heavy atom. The Morgan fingerprint density at radius 1 is 1.29 bits per heavy atom. The number of amides is 1. The van der Waals surface area contributed by atoms with Gasteiger partial charge in [0.25, 0.3) is 5.56 Å². The van der Waals surface area contributed by atoms with Gasteiger partial charge in [-0.3, -0.25) is 19.0 Å². The van der Waals surface area contributed by atoms with E-state index >= 15 is 0 Å². The molecule has 3 aromatic rings. The number of carbonyl (C=O) groups excluding carboxylic acids is 2. The van der Waals surface area contributed by atoms with Crippen LogP contribution in [0.5, 0.6) is 0 Å². The van der Waals surface area contributed by atoms with E-state index in [1.54, 1.807) is 6.07 Å². The van der Waals surface area contributed by atoms with Crippen LogP contribution in [0.1, 0.15) is 29.3 Å². The Balaban J connectivity index is 1.69. The molecule has 0 saturated heterocycles. The van der Waals surface area contributed by atoms with Gasteiger partial charge >= 0.3 is 5.97 Å². The number of hydrogen-bond donors (Lipinski definition) is 1. The van der Waals surface area contributed by atoms with E-state index in [-0.39, 0.29) is 30.9 Å². The van der Waals surface area contributed by atoms with Crippen LogP contribution in [0.3, 0.4) is 0 Å². The van der Waals surface area contributed by atoms with E-state index in [4.69, 9.17) is 4.74 Å². The van der Waals surface area contributed by atoms with E-state index in [0.717, 1.165) is 10.4 Å². The van der Waals surface area contributed by atoms with Crippen LogP contribution in [0.4, 0.5) is 0 Å². The highest BCUT2D eigenvalue weighted by Crippen LogP contribution is 2.22. The first kappa shape index (κ1) is 19.8. The highest BCUT2D eigenvalue weighted by Gasteiger charge is 2.20. The summed E-state index contributed by atoms with van der Waals surface area (Å²) >= 11 is 1.46. The number of rotatable bonds is 7. The Bertz CT molecular complexity index is 1040. The van der Waals surface area contributed by atoms with Gasteiger partial charge in [-0.05, 0) is 30.0 Å². The number of benzene rings is 1. The first-order valence-corrected chi connectivity index (χ1v) is 9.72. The molecule has 1 amide bonds. The molecule has 0 aliphatic carbocycles. The summed E-state index contributed by atoms with van der Waals surface area (Å²) in [5.41, 5.74) is 1.43. The third kappa shape index (κ3) is 4.45. The van der Waals surface area contributed by atoms with Gasteiger partial charge in [0.1, 0.15) is 0 Å². The molecule has 1 N–H and O–H groups in total. The van der Waals surface area contributed by atoms with Crippen molar-refractivity contribution in [1.82, 2.24) is 14.9 Å². The third-order valence-corrected chi connectivity index (χ3v) is 5.44. The number of methoxy groups -OCH3 is 1. The maximum Gasteiger partial charge on any atom is 0.307 e. The van der Waals surface area contributed by atoms with Gasteiger partial charge in [0, 0.05) is 17.8 Å². The zero-order chi connectivity index (χ0) is 20.1. The Kier molecular flexibility index (Phi) is 6.20. The molecule has 146 valence electrons. The molecule has 0 fully saturated rings. The lowest BCUT2D eigenvalue weighted by molar-refractivity contribution is -0.141. The normalized spacial score (nSPS) is 11.9. The fraction of sp³-hybridized carbons (Fsp3) is 0.300. The predicted octanol–water partition coefficient (Wildman–Crippen LogP) is 2.58. The molecule has 0 spiro atoms. The van der Waals surface area contributed by atoms with Crippen LogP contribution >= 0.6 is 11.3 Å². The van der Waals surface area contributed by atoms with E-state index in [9.17, 15) is 14.4 Å². The summed E-state index contributed by atoms with van der Waals surface area (Å²) in [6.45, 7) is 2.11. The zero-order valence-electron chi connectivity index (χ0n) is 15.7. The molecule has 0 saturated carbocycles. The molecular formula is C20H21N3O4S. The third-order valence-electron chi connectivity index (χ3n) is 4.46. The van der Waals surface area contributed by atoms with Gasteiger partial charge in [-0.15, -0.1) is 11.3 Å². The van der Waals surface area contributed by atoms with Crippen molar-refractivity contribution in [1.29, 1.82) is 0 Å². The second-order valence-corrected chi connectivity index (χ2v) is 7.36. The number of nitrogens with zero attached hydrogens (tertiary/aromatic N) is 2. The standard InChI is InChI=1S/C20H21N3O4S/c1-13-5-3-6-14-19(13)21-12-23(20(14)26)9-8-17(24)22-15(11-18(25)27-2)16-7-4-10-28-16/h3-7,10,12,15H,8-9,11H2,1-2H3,(H,22,24). The Morgan fingerprint density at radius 2 is 2.11 bits per heavy atom. The number of esters is 1. The molecule has 8 heteroatoms. The molecule has 1 atom stereocenters. The number of carbonyl (C=O) groups is 2. The van der Waals surface area contributed by atoms with Crippen molar-refractivity contribution in [3.05, 3.63) is 62.8 Å². The number of ether oxygens (including phenoxy) is 1. The topological polar surface area (TPSA) is 90.3 Å². The van der Waals surface area contributed by atoms with E-state index < -0.39 is 12.0 Å². The zero-order valence-corrected chi connectivity index (χ0v) is 16.5. The second-order valence-electron chi connectivity index (χ2n) is 6.38. The van der Waals surface area contributed by atoms with Gasteiger partial charge in [-0.25, -0.2) is 4.98 Å². The molecule has 1 unspecified atom stereocenters. The molecule has 2 aromatic heterocycles. The SMILES string of the molecule is COC(=O)CC(NC(=O)CCn1cnc2c(C)cccc2c1=O)c1cccs1. The van der Waals surface area contributed by atoms with Crippen molar-refractivity contribution in [2.24, 2.45) is 0 Å². The van der Waals surface area contributed by atoms with Gasteiger partial charge in [0.2, 0.25) is 5.91 Å². The summed E-state index contributed by atoms with van der Waals surface area (Å²) in [6, 6.07) is 8.72. The number of para-hydroxylation sites is 1. The van der Waals surface area contributed by atoms with Crippen LogP contribution in [-0.4, -0.2) is 28.5 Å². The lowest BCUT2D eigenvalue weighted by Crippen LogP contribution is -2.31. The summed E-state index contributed by atoms with van der Waals surface area (Å²) in [6.07, 6.45) is 1.62. The summed E-state index contributed by atoms with van der Waals surface area (Å²) in [4.78, 5) is 41.9. The van der Waals surface area contributed by atoms with Crippen LogP contribution in [-0.2, 0) is 20.9 Å². The Labute approximate surface area is 166 Å². The van der Waals surface area contributed by atoms with Crippen molar-refractivity contribution < 1.29 is 14.3 Å². The van der Waals surface area contributed by atoms with Crippen molar-refractivity contribution in [3.63, 3.8) is 0 Å². The fourth-order valence-electron chi connectivity index (χ4n) is 2.95. The van der Waals surface area contributed by atoms with E-state index in [0.29, 0.717) is 10.9 Å². The molecule has 0 aliphatic rings. The number of thiophene rings is 1. The molecule has 28 heavy (non-hydrogen) atoms. The maximum absolute atomic E-state index is 12.6. The van der Waals surface area contributed by atoms with Crippen LogP contribution in [0.15, 0.2) is 46.8 Å². The largest absolute Gasteiger partial charge is 0.469 e. The smallest absolute Gasteiger partial charge is 0.307 e. The number of nitrogens with one attached hydrogen (secondary N) is 1. The van der Waals surface area contributed by atoms with Gasteiger partial charge in [0.05, 0.1) is 36.8 Å². The molecule has 3 rings (SSSR count). The first-order valence-electron chi connectivity index (χ1n) is 8.84. The van der Waals surface area contributed by atoms with E-state index in [1.165, 1.54) is 29.3 Å². The minimum absolute atomic E-state index is 0.0551. The minimum atomic E-state index is -0.450. The van der Waals surface area contributed by atoms with Crippen molar-refractivity contribution in [2.45, 2.75) is 32.4 Å². The van der Waals surface area contributed by atoms with Crippen molar-refractivity contribution >= 4 is 34.1 Å². The predicted molar refractivity (Wildman–Crippen MR) is 107 cm³/mol. The van der Waals surface area contributed by atoms with Gasteiger partial charge in [-0.2, -0.15) is 0 Å². The van der Waals surface area contributed by atoms with Gasteiger partial charge in [-0.1, -0.05) is 18.2 Å². The molecule has 0 radical (unpaired) electrons. The van der Waals surface area contributed by atoms with E-state index in [2.05, 4.69) is 10.3 Å². The van der Waals surface area contributed by atoms with Crippen molar-refractivity contribution in [2.75, 3.05) is 7.11 Å². The number of hydrogen-bond acceptors (Lipinski definition) is 6. The number of fused-ring (bicyclic) bond motifs is 1. The highest BCUT2D eigenvalue weighted by molar-refractivity contribution is 7.10. The molecule has 7 nitrogen and oxygen atoms in total. The summed E-state index contributed by atoms with van der Waals surface area (Å²) in [7, 11) is 1.32. The Hall–Kier alpha value is -3.00. The lowest BCUT2D eigenvalue weighted by Gasteiger charge is -2.16. The first-order chi connectivity index (χ1) is 13.5. The molecular weight excluding hydrogens is 378 g/mol. The molecule has 0 aliphatic heterocycles. The average molecular weight is 399 g/mol. The summed E-state index contributed by atoms with van der Waals surface area (Å²) < 4.78 is 6.15. The quantitative estimate of drug-likeness (QED) is 0.617. The highest BCUT2D eigenvalue weighted by atomic mass is 32.1. The summed E-state index contributed by atoms with van der Waals surface area (Å²) in [5.74, 6) is -0.650. The molecule has 0 bridgehead atoms. The minimum Gasteiger partial charge on any atom is -0.469 e. The van der Waals surface area contributed by atoms with E-state index in [1.807, 2.05) is 36.6 Å². The van der Waals surface area contributed by atoms with Crippen LogP contribution < -0.4 is 10.9 Å². The average Bonchev–Trinajstić information content (AvgIpc) is 3.22. The fourth-order valence-corrected chi connectivity index (χ4v) is 3.73. The number of aryl methyl sites for hydroxylation is 2. The lowest BCUT2D eigenvalue weighted by atomic mass is 10.1. The molecule has 1 aromatic carbocycles.